The Morgan fingerprint density at radius 2 is 1.68 bits per heavy atom. The van der Waals surface area contributed by atoms with Gasteiger partial charge in [0.2, 0.25) is 0 Å². The fraction of sp³-hybridized carbons (Fsp3) is 0.529. The van der Waals surface area contributed by atoms with Crippen LogP contribution in [0, 0.1) is 0 Å². The predicted molar refractivity (Wildman–Crippen MR) is 84.2 cm³/mol. The Morgan fingerprint density at radius 1 is 1.05 bits per heavy atom. The van der Waals surface area contributed by atoms with Crippen LogP contribution in [-0.2, 0) is 12.4 Å². The molecule has 0 amide bonds. The number of H-pyrrole nitrogens is 1. The molecule has 0 bridgehead atoms. The molecular formula is C17H29NRu. The molecule has 0 saturated carbocycles. The van der Waals surface area contributed by atoms with Crippen molar-refractivity contribution < 1.29 is 12.4 Å². The SMILES string of the molecule is C[CH2][Ru]([CH2]C)([CH2]C)([CH2]C)([C]1=CC=CC1)[c]1ccc[nH]1. The van der Waals surface area contributed by atoms with Gasteiger partial charge in [-0.05, 0) is 0 Å². The molecule has 0 atom stereocenters. The standard InChI is InChI=1S/C5H5.C4H4N.4C2H5.Ru/c2*1-2-4-5-3-1;4*1-2;/h1-3H,4H2;1-3,5H;4*1H2,2H3;. The summed E-state index contributed by atoms with van der Waals surface area (Å²) in [5, 5.41) is 5.28. The van der Waals surface area contributed by atoms with Gasteiger partial charge in [-0.15, -0.1) is 0 Å². The van der Waals surface area contributed by atoms with E-state index < -0.39 is 12.4 Å². The Kier molecular flexibility index (Phi) is 3.46. The Balaban J connectivity index is 2.88. The molecule has 0 unspecified atom stereocenters. The summed E-state index contributed by atoms with van der Waals surface area (Å²) in [7, 11) is 0. The molecule has 1 aromatic heterocycles. The van der Waals surface area contributed by atoms with Crippen LogP contribution >= 0.6 is 0 Å². The third-order valence-electron chi connectivity index (χ3n) is 5.78. The molecule has 1 aliphatic carbocycles. The molecule has 2 rings (SSSR count). The van der Waals surface area contributed by atoms with Crippen LogP contribution in [0.2, 0.25) is 20.1 Å². The van der Waals surface area contributed by atoms with Gasteiger partial charge in [0.15, 0.2) is 0 Å². The van der Waals surface area contributed by atoms with Crippen LogP contribution in [0.4, 0.5) is 0 Å². The maximum absolute atomic E-state index is 3.65. The van der Waals surface area contributed by atoms with E-state index >= 15 is 0 Å². The average Bonchev–Trinajstić information content (AvgIpc) is 3.18. The quantitative estimate of drug-likeness (QED) is 0.657. The Bertz CT molecular complexity index is 488. The Morgan fingerprint density at radius 3 is 2.05 bits per heavy atom. The topological polar surface area (TPSA) is 15.8 Å². The van der Waals surface area contributed by atoms with Crippen LogP contribution in [0.15, 0.2) is 40.7 Å². The normalized spacial score (nSPS) is 19.1. The van der Waals surface area contributed by atoms with Crippen molar-refractivity contribution in [3.05, 3.63) is 40.7 Å². The predicted octanol–water partition coefficient (Wildman–Crippen LogP) is 5.46. The molecule has 0 spiro atoms. The van der Waals surface area contributed by atoms with Gasteiger partial charge in [0.25, 0.3) is 0 Å². The van der Waals surface area contributed by atoms with E-state index in [0.29, 0.717) is 0 Å². The number of rotatable bonds is 6. The molecule has 1 nitrogen and oxygen atoms in total. The molecule has 1 aromatic rings. The summed E-state index contributed by atoms with van der Waals surface area (Å²) < 4.78 is 3.34. The van der Waals surface area contributed by atoms with Crippen LogP contribution in [0.3, 0.4) is 0 Å². The molecule has 0 radical (unpaired) electrons. The summed E-state index contributed by atoms with van der Waals surface area (Å²) in [5.41, 5.74) is 0. The van der Waals surface area contributed by atoms with Gasteiger partial charge in [0.1, 0.15) is 0 Å². The van der Waals surface area contributed by atoms with Crippen molar-refractivity contribution in [2.24, 2.45) is 0 Å². The van der Waals surface area contributed by atoms with E-state index in [-0.39, 0.29) is 0 Å². The molecular weight excluding hydrogens is 319 g/mol. The average molecular weight is 348 g/mol. The van der Waals surface area contributed by atoms with E-state index in [1.54, 1.807) is 8.46 Å². The van der Waals surface area contributed by atoms with Crippen LogP contribution in [0.25, 0.3) is 0 Å². The summed E-state index contributed by atoms with van der Waals surface area (Å²) in [6.45, 7) is 9.76. The van der Waals surface area contributed by atoms with E-state index in [9.17, 15) is 0 Å². The van der Waals surface area contributed by atoms with Crippen molar-refractivity contribution in [3.63, 3.8) is 0 Å². The van der Waals surface area contributed by atoms with E-state index in [1.165, 1.54) is 26.5 Å². The van der Waals surface area contributed by atoms with Gasteiger partial charge >= 0.3 is 117 Å². The van der Waals surface area contributed by atoms with Gasteiger partial charge in [-0.2, -0.15) is 0 Å². The Labute approximate surface area is 116 Å². The first-order valence-electron chi connectivity index (χ1n) is 7.39. The molecule has 0 aromatic carbocycles. The molecule has 0 fully saturated rings. The van der Waals surface area contributed by atoms with Crippen molar-refractivity contribution >= 4 is 4.29 Å². The number of hydrogen-bond donors (Lipinski definition) is 1. The van der Waals surface area contributed by atoms with Crippen LogP contribution in [-0.4, -0.2) is 4.98 Å². The third-order valence-corrected chi connectivity index (χ3v) is 29.1. The van der Waals surface area contributed by atoms with Crippen LogP contribution < -0.4 is 4.29 Å². The number of aromatic nitrogens is 1. The first kappa shape index (κ1) is 14.8. The molecule has 110 valence electrons. The van der Waals surface area contributed by atoms with Crippen molar-refractivity contribution in [2.45, 2.75) is 54.2 Å². The molecule has 0 saturated heterocycles. The van der Waals surface area contributed by atoms with E-state index in [2.05, 4.69) is 69.2 Å². The van der Waals surface area contributed by atoms with E-state index in [0.717, 1.165) is 0 Å². The van der Waals surface area contributed by atoms with Crippen molar-refractivity contribution in [2.75, 3.05) is 0 Å². The molecule has 1 aliphatic rings. The summed E-state index contributed by atoms with van der Waals surface area (Å²) >= 11 is -3.23. The van der Waals surface area contributed by atoms with Gasteiger partial charge in [-0.3, -0.25) is 0 Å². The maximum atomic E-state index is 3.65. The zero-order valence-corrected chi connectivity index (χ0v) is 14.6. The number of hydrogen-bond acceptors (Lipinski definition) is 0. The fourth-order valence-electron chi connectivity index (χ4n) is 3.89. The second-order valence-corrected chi connectivity index (χ2v) is 22.9. The minimum absolute atomic E-state index is 1.17. The van der Waals surface area contributed by atoms with Gasteiger partial charge in [-0.25, -0.2) is 0 Å². The molecule has 19 heavy (non-hydrogen) atoms. The van der Waals surface area contributed by atoms with Gasteiger partial charge < -0.3 is 0 Å². The first-order chi connectivity index (χ1) is 9.09. The number of aromatic amines is 1. The molecule has 2 heteroatoms. The zero-order chi connectivity index (χ0) is 14.0. The van der Waals surface area contributed by atoms with E-state index in [4.69, 9.17) is 0 Å². The van der Waals surface area contributed by atoms with Gasteiger partial charge in [0, 0.05) is 0 Å². The van der Waals surface area contributed by atoms with E-state index in [1.807, 2.05) is 0 Å². The summed E-state index contributed by atoms with van der Waals surface area (Å²) in [6, 6.07) is 4.56. The Hall–Kier alpha value is -0.617. The first-order valence-corrected chi connectivity index (χ1v) is 14.0. The summed E-state index contributed by atoms with van der Waals surface area (Å²) in [4.78, 5) is 3.65. The van der Waals surface area contributed by atoms with Crippen molar-refractivity contribution in [3.8, 4) is 0 Å². The van der Waals surface area contributed by atoms with Crippen molar-refractivity contribution in [1.82, 2.24) is 4.98 Å². The summed E-state index contributed by atoms with van der Waals surface area (Å²) in [5.74, 6) is 0. The van der Waals surface area contributed by atoms with Gasteiger partial charge in [-0.1, -0.05) is 0 Å². The number of allylic oxidation sites excluding steroid dienone is 4. The zero-order valence-electron chi connectivity index (χ0n) is 12.9. The van der Waals surface area contributed by atoms with Crippen LogP contribution in [0.5, 0.6) is 0 Å². The third kappa shape index (κ3) is 1.44. The molecule has 0 aliphatic heterocycles. The van der Waals surface area contributed by atoms with Crippen LogP contribution in [0.1, 0.15) is 34.1 Å². The van der Waals surface area contributed by atoms with Gasteiger partial charge in [0.05, 0.1) is 0 Å². The minimum atomic E-state index is -3.23. The second-order valence-electron chi connectivity index (χ2n) is 5.38. The van der Waals surface area contributed by atoms with Crippen molar-refractivity contribution in [1.29, 1.82) is 0 Å². The molecule has 1 N–H and O–H groups in total. The molecule has 1 heterocycles. The fourth-order valence-corrected chi connectivity index (χ4v) is 20.1. The summed E-state index contributed by atoms with van der Waals surface area (Å²) in [6.07, 6.45) is 10.3. The second kappa shape index (κ2) is 4.45. The monoisotopic (exact) mass is 349 g/mol. The number of nitrogens with one attached hydrogen (secondary N) is 1.